The molecule has 118 valence electrons. The van der Waals surface area contributed by atoms with Gasteiger partial charge in [-0.15, -0.1) is 0 Å². The maximum Gasteiger partial charge on any atom is 0.438 e. The van der Waals surface area contributed by atoms with Gasteiger partial charge in [-0.1, -0.05) is 0 Å². The highest BCUT2D eigenvalue weighted by atomic mass is 32.2. The summed E-state index contributed by atoms with van der Waals surface area (Å²) < 4.78 is 114. The smallest absolute Gasteiger partial charge is 0.323 e. The van der Waals surface area contributed by atoms with Gasteiger partial charge < -0.3 is 5.32 Å². The molecule has 0 aliphatic carbocycles. The normalized spacial score (nSPS) is 15.5. The Bertz CT molecular complexity index is 382. The number of hydrogen-bond donors (Lipinski definition) is 2. The standard InChI is InChI=1S/C5H5F7O3S.C2H7N/c1-2(6)3(7,8)4(9,10)5(11,12)16(13,14)15;1-3-2/h2H,1H3,(H,13,14,15);3H,1-2H3. The van der Waals surface area contributed by atoms with Gasteiger partial charge in [-0.05, 0) is 21.0 Å². The summed E-state index contributed by atoms with van der Waals surface area (Å²) in [7, 11) is -3.06. The molecule has 0 aromatic rings. The molecule has 0 aliphatic heterocycles. The summed E-state index contributed by atoms with van der Waals surface area (Å²) in [5.41, 5.74) is 0. The van der Waals surface area contributed by atoms with Crippen molar-refractivity contribution in [2.24, 2.45) is 0 Å². The molecule has 19 heavy (non-hydrogen) atoms. The summed E-state index contributed by atoms with van der Waals surface area (Å²) in [4.78, 5) is 0. The minimum atomic E-state index is -6.81. The van der Waals surface area contributed by atoms with E-state index in [1.165, 1.54) is 0 Å². The molecule has 0 fully saturated rings. The van der Waals surface area contributed by atoms with Crippen LogP contribution in [0.2, 0.25) is 0 Å². The molecule has 0 aromatic carbocycles. The lowest BCUT2D eigenvalue weighted by molar-refractivity contribution is -0.297. The predicted octanol–water partition coefficient (Wildman–Crippen LogP) is 1.93. The monoisotopic (exact) mass is 323 g/mol. The zero-order valence-corrected chi connectivity index (χ0v) is 10.7. The van der Waals surface area contributed by atoms with Crippen LogP contribution in [0.1, 0.15) is 6.92 Å². The molecule has 1 unspecified atom stereocenters. The topological polar surface area (TPSA) is 66.4 Å². The minimum Gasteiger partial charge on any atom is -0.323 e. The second kappa shape index (κ2) is 6.22. The average Bonchev–Trinajstić information content (AvgIpc) is 2.16. The number of rotatable bonds is 4. The Kier molecular flexibility index (Phi) is 6.77. The van der Waals surface area contributed by atoms with E-state index in [1.54, 1.807) is 0 Å². The Hall–Kier alpha value is -0.620. The highest BCUT2D eigenvalue weighted by Crippen LogP contribution is 2.49. The van der Waals surface area contributed by atoms with Crippen LogP contribution in [0.25, 0.3) is 0 Å². The van der Waals surface area contributed by atoms with Gasteiger partial charge in [0.25, 0.3) is 0 Å². The maximum absolute atomic E-state index is 12.4. The Morgan fingerprint density at radius 1 is 1.05 bits per heavy atom. The fourth-order valence-corrected chi connectivity index (χ4v) is 1.07. The highest BCUT2D eigenvalue weighted by molar-refractivity contribution is 7.87. The van der Waals surface area contributed by atoms with E-state index in [4.69, 9.17) is 4.55 Å². The molecule has 0 aliphatic rings. The zero-order valence-electron chi connectivity index (χ0n) is 9.90. The molecule has 0 bridgehead atoms. The zero-order chi connectivity index (χ0) is 16.3. The van der Waals surface area contributed by atoms with Crippen molar-refractivity contribution < 1.29 is 43.7 Å². The van der Waals surface area contributed by atoms with Crippen molar-refractivity contribution in [2.45, 2.75) is 30.2 Å². The van der Waals surface area contributed by atoms with Gasteiger partial charge in [0.15, 0.2) is 6.17 Å². The van der Waals surface area contributed by atoms with Gasteiger partial charge in [0, 0.05) is 0 Å². The van der Waals surface area contributed by atoms with Crippen LogP contribution in [-0.4, -0.2) is 50.3 Å². The first-order valence-corrected chi connectivity index (χ1v) is 5.88. The molecule has 0 heterocycles. The largest absolute Gasteiger partial charge is 0.438 e. The Morgan fingerprint density at radius 3 is 1.47 bits per heavy atom. The molecule has 2 N–H and O–H groups in total. The molecule has 12 heteroatoms. The number of nitrogens with one attached hydrogen (secondary N) is 1. The molecule has 0 amide bonds. The number of hydrogen-bond acceptors (Lipinski definition) is 3. The van der Waals surface area contributed by atoms with E-state index in [0.29, 0.717) is 0 Å². The molecule has 0 radical (unpaired) electrons. The molecule has 4 nitrogen and oxygen atoms in total. The van der Waals surface area contributed by atoms with Crippen molar-refractivity contribution >= 4 is 10.1 Å². The van der Waals surface area contributed by atoms with Crippen LogP contribution in [0, 0.1) is 0 Å². The summed E-state index contributed by atoms with van der Waals surface area (Å²) in [5, 5.41) is -3.75. The van der Waals surface area contributed by atoms with E-state index in [9.17, 15) is 39.2 Å². The van der Waals surface area contributed by atoms with Crippen molar-refractivity contribution in [2.75, 3.05) is 14.1 Å². The van der Waals surface area contributed by atoms with Crippen molar-refractivity contribution in [3.63, 3.8) is 0 Å². The summed E-state index contributed by atoms with van der Waals surface area (Å²) >= 11 is 0. The average molecular weight is 323 g/mol. The van der Waals surface area contributed by atoms with E-state index in [0.717, 1.165) is 0 Å². The molecule has 0 aromatic heterocycles. The van der Waals surface area contributed by atoms with Crippen LogP contribution >= 0.6 is 0 Å². The molecular formula is C7H12F7NO3S. The highest BCUT2D eigenvalue weighted by Gasteiger charge is 2.79. The Labute approximate surface area is 104 Å². The van der Waals surface area contributed by atoms with E-state index in [2.05, 4.69) is 5.32 Å². The lowest BCUT2D eigenvalue weighted by Gasteiger charge is -2.31. The third-order valence-corrected chi connectivity index (χ3v) is 2.51. The number of halogens is 7. The lowest BCUT2D eigenvalue weighted by Crippen LogP contribution is -2.60. The van der Waals surface area contributed by atoms with Crippen LogP contribution in [-0.2, 0) is 10.1 Å². The Morgan fingerprint density at radius 2 is 1.32 bits per heavy atom. The molecular weight excluding hydrogens is 311 g/mol. The second-order valence-corrected chi connectivity index (χ2v) is 4.77. The van der Waals surface area contributed by atoms with E-state index in [-0.39, 0.29) is 6.92 Å². The fourth-order valence-electron chi connectivity index (χ4n) is 0.606. The first kappa shape index (κ1) is 20.7. The molecule has 0 rings (SSSR count). The second-order valence-electron chi connectivity index (χ2n) is 3.31. The van der Waals surface area contributed by atoms with Crippen LogP contribution in [0.15, 0.2) is 0 Å². The van der Waals surface area contributed by atoms with Crippen molar-refractivity contribution in [1.82, 2.24) is 5.32 Å². The third-order valence-electron chi connectivity index (χ3n) is 1.61. The van der Waals surface area contributed by atoms with Gasteiger partial charge in [0.1, 0.15) is 0 Å². The van der Waals surface area contributed by atoms with Crippen LogP contribution < -0.4 is 5.32 Å². The van der Waals surface area contributed by atoms with E-state index < -0.39 is 33.4 Å². The number of alkyl halides is 7. The van der Waals surface area contributed by atoms with Gasteiger partial charge in [-0.3, -0.25) is 4.55 Å². The first-order valence-electron chi connectivity index (χ1n) is 4.44. The quantitative estimate of drug-likeness (QED) is 0.613. The molecule has 0 saturated heterocycles. The van der Waals surface area contributed by atoms with Crippen molar-refractivity contribution in [3.8, 4) is 0 Å². The molecule has 1 atom stereocenters. The van der Waals surface area contributed by atoms with Crippen molar-refractivity contribution in [1.29, 1.82) is 0 Å². The molecule has 0 saturated carbocycles. The summed E-state index contributed by atoms with van der Waals surface area (Å²) in [5.74, 6) is -12.5. The summed E-state index contributed by atoms with van der Waals surface area (Å²) in [6.07, 6.45) is -3.74. The third kappa shape index (κ3) is 3.92. The van der Waals surface area contributed by atoms with Gasteiger partial charge >= 0.3 is 27.2 Å². The minimum absolute atomic E-state index is 0.159. The van der Waals surface area contributed by atoms with Gasteiger partial charge in [0.2, 0.25) is 0 Å². The van der Waals surface area contributed by atoms with Crippen LogP contribution in [0.4, 0.5) is 30.7 Å². The van der Waals surface area contributed by atoms with E-state index in [1.807, 2.05) is 14.1 Å². The summed E-state index contributed by atoms with van der Waals surface area (Å²) in [6.45, 7) is -0.159. The van der Waals surface area contributed by atoms with E-state index >= 15 is 0 Å². The van der Waals surface area contributed by atoms with Crippen LogP contribution in [0.5, 0.6) is 0 Å². The maximum atomic E-state index is 12.4. The SMILES string of the molecule is CC(F)C(F)(F)C(F)(F)C(F)(F)S(=O)(=O)O.CNC. The fraction of sp³-hybridized carbons (Fsp3) is 1.00. The van der Waals surface area contributed by atoms with Gasteiger partial charge in [0.05, 0.1) is 0 Å². The van der Waals surface area contributed by atoms with Gasteiger partial charge in [-0.2, -0.15) is 34.8 Å². The van der Waals surface area contributed by atoms with Crippen LogP contribution in [0.3, 0.4) is 0 Å². The van der Waals surface area contributed by atoms with Crippen molar-refractivity contribution in [3.05, 3.63) is 0 Å². The predicted molar refractivity (Wildman–Crippen MR) is 51.9 cm³/mol. The molecule has 0 spiro atoms. The van der Waals surface area contributed by atoms with Gasteiger partial charge in [-0.25, -0.2) is 4.39 Å². The lowest BCUT2D eigenvalue weighted by atomic mass is 10.1. The first-order chi connectivity index (χ1) is 8.11. The Balaban J connectivity index is 0. The summed E-state index contributed by atoms with van der Waals surface area (Å²) in [6, 6.07) is 0.